The fourth-order valence-corrected chi connectivity index (χ4v) is 4.64. The summed E-state index contributed by atoms with van der Waals surface area (Å²) in [7, 11) is 0. The number of hydrogen-bond donors (Lipinski definition) is 0. The molecule has 0 unspecified atom stereocenters. The first-order valence-corrected chi connectivity index (χ1v) is 9.75. The third kappa shape index (κ3) is 2.84. The van der Waals surface area contributed by atoms with Crippen LogP contribution in [-0.4, -0.2) is 9.38 Å². The Morgan fingerprint density at radius 1 is 0.897 bits per heavy atom. The van der Waals surface area contributed by atoms with Crippen molar-refractivity contribution in [1.29, 1.82) is 0 Å². The first kappa shape index (κ1) is 19.8. The Balaban J connectivity index is 0.00000205. The molecule has 5 rings (SSSR count). The first-order valence-electron chi connectivity index (χ1n) is 9.75. The van der Waals surface area contributed by atoms with E-state index in [1.54, 1.807) is 0 Å². The van der Waals surface area contributed by atoms with Crippen molar-refractivity contribution in [2.75, 3.05) is 0 Å². The second kappa shape index (κ2) is 7.09. The Hall–Kier alpha value is -2.48. The second-order valence-electron chi connectivity index (χ2n) is 7.95. The van der Waals surface area contributed by atoms with Gasteiger partial charge in [-0.3, -0.25) is 4.98 Å². The Bertz CT molecular complexity index is 1410. The van der Waals surface area contributed by atoms with E-state index in [1.165, 1.54) is 49.7 Å². The summed E-state index contributed by atoms with van der Waals surface area (Å²) in [5.74, 6) is 0. The van der Waals surface area contributed by atoms with Crippen molar-refractivity contribution in [2.24, 2.45) is 0 Å². The van der Waals surface area contributed by atoms with Gasteiger partial charge in [-0.2, -0.15) is 0 Å². The summed E-state index contributed by atoms with van der Waals surface area (Å²) >= 11 is 0. The van der Waals surface area contributed by atoms with Gasteiger partial charge in [-0.15, -0.1) is 17.7 Å². The SMILES string of the molecule is Cc1cc(C)c2c(c1)c1c(-c3ccccc3C)c(C)c[c-]c1c1ncc(C)n12.[Ir]. The van der Waals surface area contributed by atoms with Crippen LogP contribution >= 0.6 is 0 Å². The molecule has 3 aromatic carbocycles. The summed E-state index contributed by atoms with van der Waals surface area (Å²) in [5.41, 5.74) is 11.1. The molecule has 0 fully saturated rings. The number of fused-ring (bicyclic) bond motifs is 6. The molecule has 2 nitrogen and oxygen atoms in total. The van der Waals surface area contributed by atoms with E-state index in [9.17, 15) is 0 Å². The fourth-order valence-electron chi connectivity index (χ4n) is 4.64. The summed E-state index contributed by atoms with van der Waals surface area (Å²) in [5, 5.41) is 3.63. The van der Waals surface area contributed by atoms with Gasteiger partial charge in [0.15, 0.2) is 0 Å². The van der Waals surface area contributed by atoms with Gasteiger partial charge in [-0.25, -0.2) is 0 Å². The van der Waals surface area contributed by atoms with Crippen LogP contribution in [0.4, 0.5) is 0 Å². The normalized spacial score (nSPS) is 11.3. The van der Waals surface area contributed by atoms with Gasteiger partial charge in [-0.05, 0) is 49.8 Å². The topological polar surface area (TPSA) is 17.3 Å². The summed E-state index contributed by atoms with van der Waals surface area (Å²) in [6, 6.07) is 18.9. The number of nitrogens with zero attached hydrogens (tertiary/aromatic N) is 2. The maximum absolute atomic E-state index is 4.78. The Morgan fingerprint density at radius 2 is 1.66 bits per heavy atom. The van der Waals surface area contributed by atoms with Crippen LogP contribution in [0, 0.1) is 40.7 Å². The average Bonchev–Trinajstić information content (AvgIpc) is 3.04. The second-order valence-corrected chi connectivity index (χ2v) is 7.95. The molecule has 0 aliphatic rings. The molecule has 0 aliphatic carbocycles. The van der Waals surface area contributed by atoms with Gasteiger partial charge < -0.3 is 4.40 Å². The summed E-state index contributed by atoms with van der Waals surface area (Å²) in [6.07, 6.45) is 1.97. The van der Waals surface area contributed by atoms with Gasteiger partial charge in [-0.1, -0.05) is 65.2 Å². The molecule has 5 aromatic rings. The van der Waals surface area contributed by atoms with Crippen LogP contribution in [-0.2, 0) is 20.1 Å². The first-order chi connectivity index (χ1) is 13.5. The Kier molecular flexibility index (Phi) is 4.85. The molecule has 2 aromatic heterocycles. The quantitative estimate of drug-likeness (QED) is 0.167. The van der Waals surface area contributed by atoms with Crippen molar-refractivity contribution in [3.05, 3.63) is 82.7 Å². The summed E-state index contributed by atoms with van der Waals surface area (Å²) in [4.78, 5) is 4.78. The molecule has 2 heterocycles. The predicted molar refractivity (Wildman–Crippen MR) is 118 cm³/mol. The number of aromatic nitrogens is 2. The van der Waals surface area contributed by atoms with Crippen molar-refractivity contribution in [1.82, 2.24) is 9.38 Å². The molecule has 0 saturated heterocycles. The molecule has 1 radical (unpaired) electrons. The molecule has 0 amide bonds. The molecular formula is C26H23IrN2-. The third-order valence-electron chi connectivity index (χ3n) is 5.84. The minimum absolute atomic E-state index is 0. The maximum atomic E-state index is 4.78. The van der Waals surface area contributed by atoms with E-state index in [0.717, 1.165) is 16.7 Å². The average molecular weight is 556 g/mol. The van der Waals surface area contributed by atoms with Crippen molar-refractivity contribution in [3.8, 4) is 11.1 Å². The van der Waals surface area contributed by atoms with E-state index in [4.69, 9.17) is 4.98 Å². The summed E-state index contributed by atoms with van der Waals surface area (Å²) < 4.78 is 2.29. The molecule has 147 valence electrons. The molecule has 0 N–H and O–H groups in total. The van der Waals surface area contributed by atoms with Crippen LogP contribution in [0.5, 0.6) is 0 Å². The van der Waals surface area contributed by atoms with Crippen LogP contribution in [0.3, 0.4) is 0 Å². The number of pyridine rings is 1. The monoisotopic (exact) mass is 556 g/mol. The Morgan fingerprint density at radius 3 is 2.41 bits per heavy atom. The minimum atomic E-state index is 0. The van der Waals surface area contributed by atoms with Gasteiger partial charge in [0.1, 0.15) is 0 Å². The number of hydrogen-bond acceptors (Lipinski definition) is 1. The van der Waals surface area contributed by atoms with E-state index in [0.29, 0.717) is 0 Å². The zero-order valence-corrected chi connectivity index (χ0v) is 19.7. The van der Waals surface area contributed by atoms with E-state index < -0.39 is 0 Å². The van der Waals surface area contributed by atoms with Gasteiger partial charge in [0.2, 0.25) is 0 Å². The zero-order chi connectivity index (χ0) is 19.6. The molecule has 0 spiro atoms. The Labute approximate surface area is 184 Å². The van der Waals surface area contributed by atoms with Crippen LogP contribution in [0.25, 0.3) is 38.4 Å². The van der Waals surface area contributed by atoms with Gasteiger partial charge in [0, 0.05) is 37.5 Å². The van der Waals surface area contributed by atoms with Gasteiger partial charge in [0.25, 0.3) is 0 Å². The minimum Gasteiger partial charge on any atom is -0.337 e. The van der Waals surface area contributed by atoms with Crippen molar-refractivity contribution >= 4 is 27.3 Å². The maximum Gasteiger partial charge on any atom is 0.0611 e. The number of aryl methyl sites for hydroxylation is 5. The molecule has 3 heteroatoms. The number of imidazole rings is 1. The number of rotatable bonds is 1. The molecule has 0 bridgehead atoms. The van der Waals surface area contributed by atoms with Gasteiger partial charge >= 0.3 is 0 Å². The fraction of sp³-hybridized carbons (Fsp3) is 0.192. The van der Waals surface area contributed by atoms with E-state index in [1.807, 2.05) is 6.20 Å². The standard InChI is InChI=1S/C26H23N2.Ir/c1-15-12-18(4)25-22(13-15)24-21(26-27-14-19(5)28(25)26)11-10-17(3)23(24)20-9-7-6-8-16(20)2;/h6-10,12-14H,1-5H3;/q-1;. The van der Waals surface area contributed by atoms with E-state index >= 15 is 0 Å². The third-order valence-corrected chi connectivity index (χ3v) is 5.84. The van der Waals surface area contributed by atoms with E-state index in [2.05, 4.69) is 87.6 Å². The van der Waals surface area contributed by atoms with Crippen LogP contribution in [0.2, 0.25) is 0 Å². The molecule has 0 saturated carbocycles. The van der Waals surface area contributed by atoms with Crippen molar-refractivity contribution in [2.45, 2.75) is 34.6 Å². The van der Waals surface area contributed by atoms with Crippen molar-refractivity contribution in [3.63, 3.8) is 0 Å². The van der Waals surface area contributed by atoms with E-state index in [-0.39, 0.29) is 20.1 Å². The molecule has 0 aliphatic heterocycles. The number of benzene rings is 3. The largest absolute Gasteiger partial charge is 0.337 e. The molecule has 29 heavy (non-hydrogen) atoms. The molecule has 0 atom stereocenters. The van der Waals surface area contributed by atoms with Crippen LogP contribution in [0.1, 0.15) is 27.9 Å². The van der Waals surface area contributed by atoms with Crippen LogP contribution in [0.15, 0.2) is 48.7 Å². The predicted octanol–water partition coefficient (Wildman–Crippen LogP) is 6.65. The smallest absolute Gasteiger partial charge is 0.0611 e. The summed E-state index contributed by atoms with van der Waals surface area (Å²) in [6.45, 7) is 10.9. The molecular weight excluding hydrogens is 533 g/mol. The van der Waals surface area contributed by atoms with Gasteiger partial charge in [0.05, 0.1) is 5.65 Å². The zero-order valence-electron chi connectivity index (χ0n) is 17.3. The van der Waals surface area contributed by atoms with Crippen molar-refractivity contribution < 1.29 is 20.1 Å². The van der Waals surface area contributed by atoms with Crippen LogP contribution < -0.4 is 0 Å².